The lowest BCUT2D eigenvalue weighted by Gasteiger charge is -2.15. The molecule has 1 saturated heterocycles. The van der Waals surface area contributed by atoms with E-state index in [1.807, 2.05) is 0 Å². The van der Waals surface area contributed by atoms with Crippen LogP contribution in [0.3, 0.4) is 0 Å². The van der Waals surface area contributed by atoms with Gasteiger partial charge in [-0.25, -0.2) is 0 Å². The van der Waals surface area contributed by atoms with Gasteiger partial charge in [0.15, 0.2) is 0 Å². The maximum atomic E-state index is 12.4. The summed E-state index contributed by atoms with van der Waals surface area (Å²) in [5, 5.41) is 5.80. The van der Waals surface area contributed by atoms with E-state index in [1.165, 1.54) is 19.2 Å². The van der Waals surface area contributed by atoms with E-state index in [-0.39, 0.29) is 24.2 Å². The predicted octanol–water partition coefficient (Wildman–Crippen LogP) is 1.66. The van der Waals surface area contributed by atoms with Gasteiger partial charge < -0.3 is 20.1 Å². The summed E-state index contributed by atoms with van der Waals surface area (Å²) in [4.78, 5) is 11.9. The molecule has 2 rings (SSSR count). The fraction of sp³-hybridized carbons (Fsp3) is 0.500. The molecular formula is C14H18F2N2O3. The third-order valence-electron chi connectivity index (χ3n) is 3.31. The summed E-state index contributed by atoms with van der Waals surface area (Å²) in [7, 11) is 1.48. The fourth-order valence-corrected chi connectivity index (χ4v) is 2.25. The van der Waals surface area contributed by atoms with Crippen molar-refractivity contribution in [2.24, 2.45) is 0 Å². The number of methoxy groups -OCH3 is 1. The van der Waals surface area contributed by atoms with E-state index in [4.69, 9.17) is 4.74 Å². The Labute approximate surface area is 121 Å². The van der Waals surface area contributed by atoms with Crippen molar-refractivity contribution in [3.05, 3.63) is 23.8 Å². The van der Waals surface area contributed by atoms with Gasteiger partial charge in [0.05, 0.1) is 13.2 Å². The maximum Gasteiger partial charge on any atom is 0.387 e. The number of alkyl halides is 2. The molecule has 1 amide bonds. The summed E-state index contributed by atoms with van der Waals surface area (Å²) in [6.45, 7) is -1.99. The molecule has 2 N–H and O–H groups in total. The zero-order valence-electron chi connectivity index (χ0n) is 11.7. The number of ether oxygens (including phenoxy) is 2. The van der Waals surface area contributed by atoms with Gasteiger partial charge in [-0.1, -0.05) is 0 Å². The molecule has 1 aromatic rings. The summed E-state index contributed by atoms with van der Waals surface area (Å²) in [6, 6.07) is 4.29. The number of carbonyl (C=O) groups excluding carboxylic acids is 1. The molecule has 1 heterocycles. The van der Waals surface area contributed by atoms with Crippen LogP contribution in [-0.2, 0) is 11.3 Å². The first kappa shape index (κ1) is 15.5. The van der Waals surface area contributed by atoms with Crippen molar-refractivity contribution in [2.75, 3.05) is 13.7 Å². The van der Waals surface area contributed by atoms with Crippen molar-refractivity contribution in [2.45, 2.75) is 32.0 Å². The van der Waals surface area contributed by atoms with Crippen LogP contribution in [0.25, 0.3) is 0 Å². The predicted molar refractivity (Wildman–Crippen MR) is 72.5 cm³/mol. The SMILES string of the molecule is COc1ccc(OC(F)F)c(CNC(=O)C2CCCN2)c1. The van der Waals surface area contributed by atoms with Crippen molar-refractivity contribution >= 4 is 5.91 Å². The minimum Gasteiger partial charge on any atom is -0.497 e. The molecule has 21 heavy (non-hydrogen) atoms. The van der Waals surface area contributed by atoms with Crippen molar-refractivity contribution in [1.82, 2.24) is 10.6 Å². The lowest BCUT2D eigenvalue weighted by atomic mass is 10.1. The first-order valence-electron chi connectivity index (χ1n) is 6.73. The number of carbonyl (C=O) groups is 1. The van der Waals surface area contributed by atoms with Crippen molar-refractivity contribution in [3.63, 3.8) is 0 Å². The Bertz CT molecular complexity index is 491. The van der Waals surface area contributed by atoms with Crippen LogP contribution in [0.2, 0.25) is 0 Å². The van der Waals surface area contributed by atoms with Gasteiger partial charge in [0.2, 0.25) is 5.91 Å². The highest BCUT2D eigenvalue weighted by molar-refractivity contribution is 5.82. The van der Waals surface area contributed by atoms with Crippen molar-refractivity contribution in [3.8, 4) is 11.5 Å². The van der Waals surface area contributed by atoms with Crippen LogP contribution in [0.1, 0.15) is 18.4 Å². The van der Waals surface area contributed by atoms with Crippen LogP contribution in [0.5, 0.6) is 11.5 Å². The molecule has 116 valence electrons. The van der Waals surface area contributed by atoms with E-state index in [0.717, 1.165) is 19.4 Å². The van der Waals surface area contributed by atoms with Crippen LogP contribution >= 0.6 is 0 Å². The number of nitrogens with one attached hydrogen (secondary N) is 2. The summed E-state index contributed by atoms with van der Waals surface area (Å²) >= 11 is 0. The molecule has 0 radical (unpaired) electrons. The molecule has 1 unspecified atom stereocenters. The Hall–Kier alpha value is -1.89. The van der Waals surface area contributed by atoms with E-state index in [1.54, 1.807) is 6.07 Å². The first-order chi connectivity index (χ1) is 10.1. The zero-order valence-corrected chi connectivity index (χ0v) is 11.7. The minimum absolute atomic E-state index is 0.0329. The van der Waals surface area contributed by atoms with Gasteiger partial charge >= 0.3 is 6.61 Å². The van der Waals surface area contributed by atoms with Gasteiger partial charge in [-0.2, -0.15) is 8.78 Å². The Kier molecular flexibility index (Phi) is 5.32. The molecular weight excluding hydrogens is 282 g/mol. The Morgan fingerprint density at radius 3 is 2.95 bits per heavy atom. The van der Waals surface area contributed by atoms with Crippen LogP contribution in [0, 0.1) is 0 Å². The molecule has 1 aliphatic heterocycles. The van der Waals surface area contributed by atoms with Crippen molar-refractivity contribution in [1.29, 1.82) is 0 Å². The average molecular weight is 300 g/mol. The highest BCUT2D eigenvalue weighted by Crippen LogP contribution is 2.25. The number of amides is 1. The molecule has 1 atom stereocenters. The van der Waals surface area contributed by atoms with E-state index in [0.29, 0.717) is 11.3 Å². The summed E-state index contributed by atoms with van der Waals surface area (Å²) in [6.07, 6.45) is 1.74. The topological polar surface area (TPSA) is 59.6 Å². The van der Waals surface area contributed by atoms with Gasteiger partial charge in [0.25, 0.3) is 0 Å². The molecule has 1 fully saturated rings. The molecule has 0 bridgehead atoms. The highest BCUT2D eigenvalue weighted by atomic mass is 19.3. The number of halogens is 2. The molecule has 0 aromatic heterocycles. The Morgan fingerprint density at radius 2 is 2.33 bits per heavy atom. The summed E-state index contributed by atoms with van der Waals surface area (Å²) in [5.74, 6) is 0.406. The fourth-order valence-electron chi connectivity index (χ4n) is 2.25. The lowest BCUT2D eigenvalue weighted by molar-refractivity contribution is -0.122. The molecule has 0 spiro atoms. The monoisotopic (exact) mass is 300 g/mol. The molecule has 7 heteroatoms. The van der Waals surface area contributed by atoms with Gasteiger partial charge in [-0.05, 0) is 37.6 Å². The molecule has 0 saturated carbocycles. The van der Waals surface area contributed by atoms with Gasteiger partial charge in [0.1, 0.15) is 11.5 Å². The van der Waals surface area contributed by atoms with Crippen LogP contribution in [0.15, 0.2) is 18.2 Å². The van der Waals surface area contributed by atoms with E-state index in [9.17, 15) is 13.6 Å². The quantitative estimate of drug-likeness (QED) is 0.839. The molecule has 0 aliphatic carbocycles. The number of benzene rings is 1. The highest BCUT2D eigenvalue weighted by Gasteiger charge is 2.22. The number of hydrogen-bond donors (Lipinski definition) is 2. The normalized spacial score (nSPS) is 17.8. The summed E-state index contributed by atoms with van der Waals surface area (Å²) in [5.41, 5.74) is 0.445. The molecule has 1 aliphatic rings. The smallest absolute Gasteiger partial charge is 0.387 e. The number of hydrogen-bond acceptors (Lipinski definition) is 4. The van der Waals surface area contributed by atoms with Crippen LogP contribution in [0.4, 0.5) is 8.78 Å². The second kappa shape index (κ2) is 7.21. The largest absolute Gasteiger partial charge is 0.497 e. The van der Waals surface area contributed by atoms with Gasteiger partial charge in [-0.15, -0.1) is 0 Å². The second-order valence-corrected chi connectivity index (χ2v) is 4.72. The first-order valence-corrected chi connectivity index (χ1v) is 6.73. The van der Waals surface area contributed by atoms with Gasteiger partial charge in [-0.3, -0.25) is 4.79 Å². The molecule has 5 nitrogen and oxygen atoms in total. The standard InChI is InChI=1S/C14H18F2N2O3/c1-20-10-4-5-12(21-14(15)16)9(7-10)8-18-13(19)11-3-2-6-17-11/h4-5,7,11,14,17H,2-3,6,8H2,1H3,(H,18,19). The Morgan fingerprint density at radius 1 is 1.52 bits per heavy atom. The summed E-state index contributed by atoms with van der Waals surface area (Å²) < 4.78 is 34.3. The number of rotatable bonds is 6. The van der Waals surface area contributed by atoms with Crippen molar-refractivity contribution < 1.29 is 23.0 Å². The maximum absolute atomic E-state index is 12.4. The Balaban J connectivity index is 2.03. The van der Waals surface area contributed by atoms with E-state index in [2.05, 4.69) is 15.4 Å². The van der Waals surface area contributed by atoms with Gasteiger partial charge in [0, 0.05) is 12.1 Å². The zero-order chi connectivity index (χ0) is 15.2. The van der Waals surface area contributed by atoms with Crippen LogP contribution in [-0.4, -0.2) is 32.2 Å². The lowest BCUT2D eigenvalue weighted by Crippen LogP contribution is -2.40. The third kappa shape index (κ3) is 4.29. The van der Waals surface area contributed by atoms with Crippen LogP contribution < -0.4 is 20.1 Å². The van der Waals surface area contributed by atoms with E-state index < -0.39 is 6.61 Å². The average Bonchev–Trinajstić information content (AvgIpc) is 2.99. The second-order valence-electron chi connectivity index (χ2n) is 4.72. The minimum atomic E-state index is -2.91. The third-order valence-corrected chi connectivity index (χ3v) is 3.31. The molecule has 1 aromatic carbocycles. The van der Waals surface area contributed by atoms with E-state index >= 15 is 0 Å².